The van der Waals surface area contributed by atoms with Crippen molar-refractivity contribution < 1.29 is 13.2 Å². The van der Waals surface area contributed by atoms with Gasteiger partial charge in [0, 0.05) is 21.1 Å². The number of benzene rings is 1. The number of carbonyl (C=O) groups excluding carboxylic acids is 1. The van der Waals surface area contributed by atoms with E-state index >= 15 is 0 Å². The summed E-state index contributed by atoms with van der Waals surface area (Å²) in [4.78, 5) is 13.9. The summed E-state index contributed by atoms with van der Waals surface area (Å²) in [5.41, 5.74) is 3.41. The fourth-order valence-electron chi connectivity index (χ4n) is 2.50. The summed E-state index contributed by atoms with van der Waals surface area (Å²) < 4.78 is 29.9. The molecule has 0 radical (unpaired) electrons. The van der Waals surface area contributed by atoms with Crippen LogP contribution in [0.1, 0.15) is 32.9 Å². The summed E-state index contributed by atoms with van der Waals surface area (Å²) in [6, 6.07) is 3.48. The summed E-state index contributed by atoms with van der Waals surface area (Å²) in [5.74, 6) is -0.363. The molecule has 25 heavy (non-hydrogen) atoms. The van der Waals surface area contributed by atoms with E-state index in [-0.39, 0.29) is 22.2 Å². The van der Waals surface area contributed by atoms with E-state index in [1.165, 1.54) is 9.58 Å². The number of aryl methyl sites for hydroxylation is 4. The number of hydrogen-bond acceptors (Lipinski definition) is 4. The molecule has 7 nitrogen and oxygen atoms in total. The van der Waals surface area contributed by atoms with Crippen LogP contribution in [-0.2, 0) is 17.1 Å². The molecule has 1 aromatic heterocycles. The molecule has 1 N–H and O–H groups in total. The third-order valence-electron chi connectivity index (χ3n) is 4.26. The van der Waals surface area contributed by atoms with E-state index in [0.717, 1.165) is 11.1 Å². The van der Waals surface area contributed by atoms with Gasteiger partial charge in [0.2, 0.25) is 0 Å². The maximum absolute atomic E-state index is 12.9. The minimum Gasteiger partial charge on any atom is -0.343 e. The molecule has 8 heteroatoms. The van der Waals surface area contributed by atoms with E-state index in [1.807, 2.05) is 19.9 Å². The number of nitrogens with one attached hydrogen (secondary N) is 1. The summed E-state index contributed by atoms with van der Waals surface area (Å²) in [6.45, 7) is 7.27. The molecule has 1 aromatic carbocycles. The number of hydrogen-bond donors (Lipinski definition) is 1. The lowest BCUT2D eigenvalue weighted by atomic mass is 10.1. The number of carbonyl (C=O) groups is 1. The molecule has 0 unspecified atom stereocenters. The highest BCUT2D eigenvalue weighted by Crippen LogP contribution is 2.27. The summed E-state index contributed by atoms with van der Waals surface area (Å²) in [5, 5.41) is 4.16. The second-order valence-corrected chi connectivity index (χ2v) is 8.09. The maximum Gasteiger partial charge on any atom is 0.276 e. The van der Waals surface area contributed by atoms with Crippen molar-refractivity contribution in [2.45, 2.75) is 32.6 Å². The van der Waals surface area contributed by atoms with E-state index in [9.17, 15) is 13.2 Å². The van der Waals surface area contributed by atoms with Crippen molar-refractivity contribution in [1.29, 1.82) is 0 Å². The molecule has 136 valence electrons. The molecule has 0 atom stereocenters. The first kappa shape index (κ1) is 19.0. The van der Waals surface area contributed by atoms with Gasteiger partial charge < -0.3 is 4.90 Å². The van der Waals surface area contributed by atoms with Crippen LogP contribution in [0.4, 0.5) is 5.69 Å². The van der Waals surface area contributed by atoms with E-state index in [0.29, 0.717) is 11.3 Å². The number of sulfonamides is 1. The first-order valence-electron chi connectivity index (χ1n) is 7.81. The SMILES string of the molecule is Cc1cc(C)c(S(=O)(=O)Nc2c(C(=O)N(C)C)nn(C)c2C)cc1C. The van der Waals surface area contributed by atoms with Gasteiger partial charge in [0.1, 0.15) is 5.69 Å². The highest BCUT2D eigenvalue weighted by molar-refractivity contribution is 7.92. The highest BCUT2D eigenvalue weighted by atomic mass is 32.2. The van der Waals surface area contributed by atoms with Crippen LogP contribution in [0.2, 0.25) is 0 Å². The van der Waals surface area contributed by atoms with Gasteiger partial charge in [0.15, 0.2) is 5.69 Å². The molecule has 0 bridgehead atoms. The predicted molar refractivity (Wildman–Crippen MR) is 97.4 cm³/mol. The Kier molecular flexibility index (Phi) is 4.94. The van der Waals surface area contributed by atoms with Gasteiger partial charge in [-0.25, -0.2) is 8.42 Å². The third kappa shape index (κ3) is 3.53. The fourth-order valence-corrected chi connectivity index (χ4v) is 3.94. The molecule has 1 heterocycles. The smallest absolute Gasteiger partial charge is 0.276 e. The zero-order valence-corrected chi connectivity index (χ0v) is 16.4. The van der Waals surface area contributed by atoms with Crippen molar-refractivity contribution in [2.24, 2.45) is 7.05 Å². The van der Waals surface area contributed by atoms with Crippen LogP contribution >= 0.6 is 0 Å². The molecule has 0 fully saturated rings. The average Bonchev–Trinajstić information content (AvgIpc) is 2.77. The molecule has 0 saturated heterocycles. The van der Waals surface area contributed by atoms with Gasteiger partial charge >= 0.3 is 0 Å². The number of aromatic nitrogens is 2. The van der Waals surface area contributed by atoms with Gasteiger partial charge in [0.25, 0.3) is 15.9 Å². The fraction of sp³-hybridized carbons (Fsp3) is 0.412. The van der Waals surface area contributed by atoms with Crippen LogP contribution in [-0.4, -0.2) is 43.1 Å². The van der Waals surface area contributed by atoms with Crippen LogP contribution in [0.3, 0.4) is 0 Å². The van der Waals surface area contributed by atoms with Crippen molar-refractivity contribution in [1.82, 2.24) is 14.7 Å². The molecule has 0 saturated carbocycles. The van der Waals surface area contributed by atoms with Crippen molar-refractivity contribution >= 4 is 21.6 Å². The van der Waals surface area contributed by atoms with Crippen LogP contribution in [0.5, 0.6) is 0 Å². The quantitative estimate of drug-likeness (QED) is 0.901. The van der Waals surface area contributed by atoms with Crippen molar-refractivity contribution in [2.75, 3.05) is 18.8 Å². The Morgan fingerprint density at radius 1 is 1.08 bits per heavy atom. The first-order valence-corrected chi connectivity index (χ1v) is 9.30. The molecular weight excluding hydrogens is 340 g/mol. The van der Waals surface area contributed by atoms with E-state index in [4.69, 9.17) is 0 Å². The van der Waals surface area contributed by atoms with Gasteiger partial charge in [-0.3, -0.25) is 14.2 Å². The van der Waals surface area contributed by atoms with Gasteiger partial charge in [-0.1, -0.05) is 6.07 Å². The lowest BCUT2D eigenvalue weighted by Crippen LogP contribution is -2.24. The van der Waals surface area contributed by atoms with Crippen molar-refractivity contribution in [3.8, 4) is 0 Å². The number of amides is 1. The Balaban J connectivity index is 2.56. The molecule has 0 aliphatic carbocycles. The second kappa shape index (κ2) is 6.51. The Morgan fingerprint density at radius 3 is 2.20 bits per heavy atom. The monoisotopic (exact) mass is 364 g/mol. The van der Waals surface area contributed by atoms with Crippen molar-refractivity contribution in [3.05, 3.63) is 40.2 Å². The van der Waals surface area contributed by atoms with E-state index in [1.54, 1.807) is 41.1 Å². The molecule has 1 amide bonds. The summed E-state index contributed by atoms with van der Waals surface area (Å²) in [7, 11) is 1.01. The minimum absolute atomic E-state index is 0.0788. The number of nitrogens with zero attached hydrogens (tertiary/aromatic N) is 3. The summed E-state index contributed by atoms with van der Waals surface area (Å²) in [6.07, 6.45) is 0. The Labute approximate surface area is 148 Å². The molecule has 2 aromatic rings. The van der Waals surface area contributed by atoms with Gasteiger partial charge in [-0.2, -0.15) is 5.10 Å². The summed E-state index contributed by atoms with van der Waals surface area (Å²) >= 11 is 0. The van der Waals surface area contributed by atoms with Crippen molar-refractivity contribution in [3.63, 3.8) is 0 Å². The van der Waals surface area contributed by atoms with Crippen LogP contribution in [0.15, 0.2) is 17.0 Å². The maximum atomic E-state index is 12.9. The average molecular weight is 364 g/mol. The highest BCUT2D eigenvalue weighted by Gasteiger charge is 2.26. The third-order valence-corrected chi connectivity index (χ3v) is 5.75. The van der Waals surface area contributed by atoms with E-state index < -0.39 is 10.0 Å². The van der Waals surface area contributed by atoms with E-state index in [2.05, 4.69) is 9.82 Å². The van der Waals surface area contributed by atoms with Crippen LogP contribution in [0.25, 0.3) is 0 Å². The zero-order valence-electron chi connectivity index (χ0n) is 15.6. The number of anilines is 1. The van der Waals surface area contributed by atoms with Crippen LogP contribution < -0.4 is 4.72 Å². The largest absolute Gasteiger partial charge is 0.343 e. The minimum atomic E-state index is -3.85. The lowest BCUT2D eigenvalue weighted by Gasteiger charge is -2.14. The topological polar surface area (TPSA) is 84.3 Å². The van der Waals surface area contributed by atoms with Gasteiger partial charge in [-0.05, 0) is 50.5 Å². The molecule has 0 aliphatic rings. The van der Waals surface area contributed by atoms with Gasteiger partial charge in [-0.15, -0.1) is 0 Å². The Morgan fingerprint density at radius 2 is 1.64 bits per heavy atom. The first-order chi connectivity index (χ1) is 11.5. The predicted octanol–water partition coefficient (Wildman–Crippen LogP) is 2.16. The standard InChI is InChI=1S/C17H24N4O3S/c1-10-8-12(3)14(9-11(10)2)25(23,24)19-15-13(4)21(7)18-16(15)17(22)20(5)6/h8-9,19H,1-7H3. The lowest BCUT2D eigenvalue weighted by molar-refractivity contribution is 0.0822. The molecular formula is C17H24N4O3S. The number of rotatable bonds is 4. The molecule has 0 spiro atoms. The van der Waals surface area contributed by atoms with Crippen LogP contribution in [0, 0.1) is 27.7 Å². The Hall–Kier alpha value is -2.35. The normalized spacial score (nSPS) is 11.5. The Bertz CT molecular complexity index is 943. The second-order valence-electron chi connectivity index (χ2n) is 6.44. The zero-order chi connectivity index (χ0) is 19.1. The van der Waals surface area contributed by atoms with Gasteiger partial charge in [0.05, 0.1) is 10.6 Å². The molecule has 2 rings (SSSR count). The molecule has 0 aliphatic heterocycles.